The van der Waals surface area contributed by atoms with Crippen LogP contribution in [-0.4, -0.2) is 16.0 Å². The van der Waals surface area contributed by atoms with Gasteiger partial charge < -0.3 is 15.0 Å². The number of nitrogens with one attached hydrogen (secondary N) is 1. The highest BCUT2D eigenvalue weighted by molar-refractivity contribution is 6.11. The van der Waals surface area contributed by atoms with E-state index in [0.717, 1.165) is 27.7 Å². The van der Waals surface area contributed by atoms with E-state index >= 15 is 0 Å². The summed E-state index contributed by atoms with van der Waals surface area (Å²) in [5, 5.41) is 12.7. The summed E-state index contributed by atoms with van der Waals surface area (Å²) in [4.78, 5) is 18.6. The van der Waals surface area contributed by atoms with Gasteiger partial charge in [0.25, 0.3) is 5.91 Å². The Balaban J connectivity index is 1.66. The van der Waals surface area contributed by atoms with E-state index < -0.39 is 5.60 Å². The molecule has 0 saturated heterocycles. The average molecular weight is 382 g/mol. The van der Waals surface area contributed by atoms with Gasteiger partial charge in [0.15, 0.2) is 5.60 Å². The lowest BCUT2D eigenvalue weighted by Gasteiger charge is -2.23. The van der Waals surface area contributed by atoms with Crippen molar-refractivity contribution in [2.75, 3.05) is 4.90 Å². The molecule has 2 heterocycles. The monoisotopic (exact) mass is 382 g/mol. The first kappa shape index (κ1) is 17.7. The van der Waals surface area contributed by atoms with E-state index in [2.05, 4.69) is 37.0 Å². The number of aliphatic hydroxyl groups is 1. The number of fused-ring (bicyclic) bond motifs is 2. The summed E-state index contributed by atoms with van der Waals surface area (Å²) in [6.07, 6.45) is 1.75. The highest BCUT2D eigenvalue weighted by Gasteiger charge is 2.52. The molecule has 1 amide bonds. The minimum atomic E-state index is -1.71. The Labute approximate surface area is 169 Å². The number of carbonyl (C=O) groups is 1. The highest BCUT2D eigenvalue weighted by atomic mass is 16.3. The molecule has 0 radical (unpaired) electrons. The van der Waals surface area contributed by atoms with Gasteiger partial charge in [-0.3, -0.25) is 4.79 Å². The van der Waals surface area contributed by atoms with E-state index in [1.165, 1.54) is 5.56 Å². The summed E-state index contributed by atoms with van der Waals surface area (Å²) in [5.41, 5.74) is 4.55. The molecule has 1 aromatic heterocycles. The van der Waals surface area contributed by atoms with Crippen molar-refractivity contribution in [1.82, 2.24) is 4.98 Å². The molecule has 144 valence electrons. The van der Waals surface area contributed by atoms with Crippen molar-refractivity contribution < 1.29 is 9.90 Å². The Kier molecular flexibility index (Phi) is 3.86. The molecule has 5 rings (SSSR count). The molecule has 1 unspecified atom stereocenters. The number of amides is 1. The van der Waals surface area contributed by atoms with Crippen LogP contribution in [0.5, 0.6) is 0 Å². The molecule has 4 nitrogen and oxygen atoms in total. The van der Waals surface area contributed by atoms with Crippen LogP contribution in [0.2, 0.25) is 0 Å². The van der Waals surface area contributed by atoms with Gasteiger partial charge >= 0.3 is 0 Å². The maximum atomic E-state index is 13.7. The van der Waals surface area contributed by atoms with E-state index in [0.29, 0.717) is 17.7 Å². The van der Waals surface area contributed by atoms with Crippen LogP contribution in [-0.2, 0) is 16.9 Å². The van der Waals surface area contributed by atoms with Crippen molar-refractivity contribution >= 4 is 22.5 Å². The summed E-state index contributed by atoms with van der Waals surface area (Å²) in [6, 6.07) is 21.5. The zero-order valence-electron chi connectivity index (χ0n) is 16.4. The molecule has 1 aliphatic rings. The van der Waals surface area contributed by atoms with Crippen LogP contribution >= 0.6 is 0 Å². The van der Waals surface area contributed by atoms with Gasteiger partial charge in [0.05, 0.1) is 12.2 Å². The third kappa shape index (κ3) is 2.53. The van der Waals surface area contributed by atoms with Gasteiger partial charge in [-0.2, -0.15) is 0 Å². The number of para-hydroxylation sites is 2. The van der Waals surface area contributed by atoms with Gasteiger partial charge in [0.2, 0.25) is 0 Å². The fourth-order valence-corrected chi connectivity index (χ4v) is 4.42. The number of H-pyrrole nitrogens is 1. The van der Waals surface area contributed by atoms with E-state index in [4.69, 9.17) is 0 Å². The molecule has 0 saturated carbocycles. The normalized spacial score (nSPS) is 18.4. The minimum Gasteiger partial charge on any atom is -0.372 e. The largest absolute Gasteiger partial charge is 0.372 e. The summed E-state index contributed by atoms with van der Waals surface area (Å²) in [6.45, 7) is 4.54. The van der Waals surface area contributed by atoms with Crippen molar-refractivity contribution in [2.24, 2.45) is 0 Å². The van der Waals surface area contributed by atoms with Gasteiger partial charge in [-0.1, -0.05) is 60.2 Å². The molecule has 3 aromatic carbocycles. The Hall–Kier alpha value is -3.37. The lowest BCUT2D eigenvalue weighted by Crippen LogP contribution is -2.40. The molecule has 0 bridgehead atoms. The second kappa shape index (κ2) is 6.33. The summed E-state index contributed by atoms with van der Waals surface area (Å²) in [5.74, 6) is -0.316. The first-order chi connectivity index (χ1) is 14.0. The van der Waals surface area contributed by atoms with Crippen LogP contribution in [0.3, 0.4) is 0 Å². The molecular weight excluding hydrogens is 360 g/mol. The standard InChI is InChI=1S/C25H22N2O2/c1-16-11-12-18(17(2)13-16)15-27-23-10-6-4-8-20(23)25(29,24(27)28)21-14-26-22-9-5-3-7-19(21)22/h3-14,26,29H,15H2,1-2H3. The molecule has 0 spiro atoms. The molecule has 4 aromatic rings. The number of aryl methyl sites for hydroxylation is 2. The van der Waals surface area contributed by atoms with E-state index in [-0.39, 0.29) is 5.91 Å². The number of aromatic nitrogens is 1. The molecule has 4 heteroatoms. The second-order valence-electron chi connectivity index (χ2n) is 7.80. The third-order valence-corrected chi connectivity index (χ3v) is 5.94. The molecular formula is C25H22N2O2. The van der Waals surface area contributed by atoms with Crippen molar-refractivity contribution in [3.8, 4) is 0 Å². The summed E-state index contributed by atoms with van der Waals surface area (Å²) >= 11 is 0. The van der Waals surface area contributed by atoms with Crippen LogP contribution in [0.15, 0.2) is 72.9 Å². The quantitative estimate of drug-likeness (QED) is 0.545. The van der Waals surface area contributed by atoms with Crippen molar-refractivity contribution in [3.05, 3.63) is 101 Å². The number of rotatable bonds is 3. The number of hydrogen-bond donors (Lipinski definition) is 2. The van der Waals surface area contributed by atoms with Crippen LogP contribution in [0.1, 0.15) is 27.8 Å². The Bertz CT molecular complexity index is 1260. The van der Waals surface area contributed by atoms with Crippen molar-refractivity contribution in [2.45, 2.75) is 26.0 Å². The number of carbonyl (C=O) groups excluding carboxylic acids is 1. The fourth-order valence-electron chi connectivity index (χ4n) is 4.42. The first-order valence-electron chi connectivity index (χ1n) is 9.76. The van der Waals surface area contributed by atoms with Crippen molar-refractivity contribution in [3.63, 3.8) is 0 Å². The lowest BCUT2D eigenvalue weighted by molar-refractivity contribution is -0.132. The molecule has 2 N–H and O–H groups in total. The molecule has 1 aliphatic heterocycles. The predicted molar refractivity (Wildman–Crippen MR) is 115 cm³/mol. The predicted octanol–water partition coefficient (Wildman–Crippen LogP) is 4.57. The van der Waals surface area contributed by atoms with E-state index in [1.54, 1.807) is 11.1 Å². The first-order valence-corrected chi connectivity index (χ1v) is 9.76. The van der Waals surface area contributed by atoms with Crippen LogP contribution < -0.4 is 4.90 Å². The smallest absolute Gasteiger partial charge is 0.268 e. The number of nitrogens with zero attached hydrogens (tertiary/aromatic N) is 1. The average Bonchev–Trinajstić information content (AvgIpc) is 3.25. The number of anilines is 1. The van der Waals surface area contributed by atoms with Crippen LogP contribution in [0, 0.1) is 13.8 Å². The number of hydrogen-bond acceptors (Lipinski definition) is 2. The summed E-state index contributed by atoms with van der Waals surface area (Å²) < 4.78 is 0. The lowest BCUT2D eigenvalue weighted by atomic mass is 9.87. The van der Waals surface area contributed by atoms with Gasteiger partial charge in [0, 0.05) is 28.2 Å². The van der Waals surface area contributed by atoms with Crippen LogP contribution in [0.25, 0.3) is 10.9 Å². The van der Waals surface area contributed by atoms with Gasteiger partial charge in [-0.15, -0.1) is 0 Å². The van der Waals surface area contributed by atoms with E-state index in [1.807, 2.05) is 48.5 Å². The maximum Gasteiger partial charge on any atom is 0.268 e. The van der Waals surface area contributed by atoms with Gasteiger partial charge in [-0.05, 0) is 37.1 Å². The number of benzene rings is 3. The van der Waals surface area contributed by atoms with Crippen molar-refractivity contribution in [1.29, 1.82) is 0 Å². The van der Waals surface area contributed by atoms with Crippen LogP contribution in [0.4, 0.5) is 5.69 Å². The molecule has 0 aliphatic carbocycles. The topological polar surface area (TPSA) is 56.3 Å². The Morgan fingerprint density at radius 3 is 2.55 bits per heavy atom. The zero-order chi connectivity index (χ0) is 20.2. The highest BCUT2D eigenvalue weighted by Crippen LogP contribution is 2.46. The molecule has 1 atom stereocenters. The van der Waals surface area contributed by atoms with Gasteiger partial charge in [0.1, 0.15) is 0 Å². The van der Waals surface area contributed by atoms with E-state index in [9.17, 15) is 9.90 Å². The second-order valence-corrected chi connectivity index (χ2v) is 7.80. The Morgan fingerprint density at radius 1 is 0.966 bits per heavy atom. The SMILES string of the molecule is Cc1ccc(CN2C(=O)C(O)(c3c[nH]c4ccccc34)c3ccccc32)c(C)c1. The minimum absolute atomic E-state index is 0.316. The molecule has 0 fully saturated rings. The Morgan fingerprint density at radius 2 is 1.72 bits per heavy atom. The maximum absolute atomic E-state index is 13.7. The fraction of sp³-hybridized carbons (Fsp3) is 0.160. The van der Waals surface area contributed by atoms with Gasteiger partial charge in [-0.25, -0.2) is 0 Å². The molecule has 29 heavy (non-hydrogen) atoms. The summed E-state index contributed by atoms with van der Waals surface area (Å²) in [7, 11) is 0. The zero-order valence-corrected chi connectivity index (χ0v) is 16.4. The third-order valence-electron chi connectivity index (χ3n) is 5.94. The number of aromatic amines is 1.